The minimum Gasteiger partial charge on any atom is -0.493 e. The second-order valence-electron chi connectivity index (χ2n) is 8.95. The van der Waals surface area contributed by atoms with E-state index in [1.807, 2.05) is 72.9 Å². The Labute approximate surface area is 239 Å². The van der Waals surface area contributed by atoms with Crippen LogP contribution in [0.2, 0.25) is 0 Å². The van der Waals surface area contributed by atoms with Crippen LogP contribution in [0.5, 0.6) is 11.5 Å². The molecule has 8 nitrogen and oxygen atoms in total. The number of aliphatic imine (C=N–C) groups is 1. The fourth-order valence-electron chi connectivity index (χ4n) is 4.47. The summed E-state index contributed by atoms with van der Waals surface area (Å²) < 4.78 is 14.2. The number of nitrogens with zero attached hydrogens (tertiary/aromatic N) is 4. The Balaban J connectivity index is 1.22. The summed E-state index contributed by atoms with van der Waals surface area (Å²) in [5.74, 6) is 1.70. The minimum absolute atomic E-state index is 0.0224. The zero-order valence-electron chi connectivity index (χ0n) is 21.6. The van der Waals surface area contributed by atoms with Crippen molar-refractivity contribution in [1.29, 1.82) is 5.41 Å². The molecule has 2 aliphatic heterocycles. The van der Waals surface area contributed by atoms with Crippen molar-refractivity contribution in [3.63, 3.8) is 0 Å². The molecule has 0 radical (unpaired) electrons. The lowest BCUT2D eigenvalue weighted by molar-refractivity contribution is -0.114. The molecule has 10 heteroatoms. The standard InChI is InChI=1S/C30H25N5O3S2/c1-37-25-13-7-8-14-26(25)38-16-15-34-18-21(22-11-5-6-12-24(22)34)17-23-27(31)35-29(32-28(23)36)40-30(33-35)39-19-20-9-3-2-4-10-20/h2-14,17-18,31H,15-16,19H2,1H3. The molecule has 2 aliphatic rings. The average molecular weight is 568 g/mol. The van der Waals surface area contributed by atoms with Gasteiger partial charge < -0.3 is 14.0 Å². The van der Waals surface area contributed by atoms with Crippen LogP contribution in [0.25, 0.3) is 17.0 Å². The van der Waals surface area contributed by atoms with Crippen molar-refractivity contribution in [2.24, 2.45) is 10.1 Å². The molecule has 4 aromatic rings. The molecule has 1 aromatic heterocycles. The van der Waals surface area contributed by atoms with Crippen LogP contribution >= 0.6 is 23.5 Å². The fraction of sp³-hybridized carbons (Fsp3) is 0.133. The molecule has 0 fully saturated rings. The van der Waals surface area contributed by atoms with Crippen molar-refractivity contribution in [2.45, 2.75) is 12.3 Å². The molecule has 0 aliphatic carbocycles. The van der Waals surface area contributed by atoms with E-state index in [9.17, 15) is 4.79 Å². The molecule has 0 spiro atoms. The van der Waals surface area contributed by atoms with Gasteiger partial charge in [0.05, 0.1) is 19.2 Å². The second-order valence-corrected chi connectivity index (χ2v) is 11.1. The highest BCUT2D eigenvalue weighted by atomic mass is 32.2. The number of benzene rings is 3. The van der Waals surface area contributed by atoms with Crippen LogP contribution in [0, 0.1) is 5.41 Å². The third-order valence-corrected chi connectivity index (χ3v) is 8.53. The molecule has 0 atom stereocenters. The van der Waals surface area contributed by atoms with Crippen molar-refractivity contribution in [3.05, 3.63) is 102 Å². The number of amidine groups is 2. The topological polar surface area (TPSA) is 92.3 Å². The van der Waals surface area contributed by atoms with E-state index in [4.69, 9.17) is 14.9 Å². The maximum atomic E-state index is 13.0. The molecule has 0 saturated heterocycles. The van der Waals surface area contributed by atoms with E-state index in [2.05, 4.69) is 26.8 Å². The highest BCUT2D eigenvalue weighted by Gasteiger charge is 2.36. The largest absolute Gasteiger partial charge is 0.493 e. The number of nitrogens with one attached hydrogen (secondary N) is 1. The fourth-order valence-corrected chi connectivity index (χ4v) is 6.36. The van der Waals surface area contributed by atoms with Crippen molar-refractivity contribution in [3.8, 4) is 11.5 Å². The highest BCUT2D eigenvalue weighted by molar-refractivity contribution is 8.45. The molecule has 0 saturated carbocycles. The summed E-state index contributed by atoms with van der Waals surface area (Å²) in [6.45, 7) is 1.02. The second kappa shape index (κ2) is 11.4. The van der Waals surface area contributed by atoms with Crippen LogP contribution in [-0.4, -0.2) is 44.6 Å². The molecule has 3 aromatic carbocycles. The predicted octanol–water partition coefficient (Wildman–Crippen LogP) is 6.24. The Hall–Kier alpha value is -4.28. The molecule has 0 unspecified atom stereocenters. The van der Waals surface area contributed by atoms with Crippen LogP contribution in [0.15, 0.2) is 101 Å². The lowest BCUT2D eigenvalue weighted by Crippen LogP contribution is -2.35. The van der Waals surface area contributed by atoms with Crippen LogP contribution in [0.1, 0.15) is 11.1 Å². The average Bonchev–Trinajstić information content (AvgIpc) is 3.56. The third kappa shape index (κ3) is 5.28. The number of amides is 1. The number of thioether (sulfide) groups is 2. The summed E-state index contributed by atoms with van der Waals surface area (Å²) in [6.07, 6.45) is 3.71. The number of carbonyl (C=O) groups excluding carboxylic acids is 1. The lowest BCUT2D eigenvalue weighted by Gasteiger charge is -2.20. The highest BCUT2D eigenvalue weighted by Crippen LogP contribution is 2.34. The van der Waals surface area contributed by atoms with Gasteiger partial charge in [0.15, 0.2) is 21.7 Å². The molecule has 0 bridgehead atoms. The Kier molecular flexibility index (Phi) is 7.43. The number of hydrazone groups is 1. The van der Waals surface area contributed by atoms with E-state index >= 15 is 0 Å². The molecular formula is C30H25N5O3S2. The Bertz CT molecular complexity index is 1690. The number of carbonyl (C=O) groups is 1. The summed E-state index contributed by atoms with van der Waals surface area (Å²) in [6, 6.07) is 25.6. The first-order valence-electron chi connectivity index (χ1n) is 12.6. The van der Waals surface area contributed by atoms with Gasteiger partial charge in [0.1, 0.15) is 6.61 Å². The van der Waals surface area contributed by atoms with Gasteiger partial charge in [-0.05, 0) is 41.6 Å². The summed E-state index contributed by atoms with van der Waals surface area (Å²) in [5, 5.41) is 16.2. The summed E-state index contributed by atoms with van der Waals surface area (Å²) in [7, 11) is 1.62. The van der Waals surface area contributed by atoms with E-state index in [1.165, 1.54) is 22.3 Å². The normalized spacial score (nSPS) is 15.8. The summed E-state index contributed by atoms with van der Waals surface area (Å²) in [5.41, 5.74) is 3.22. The number of rotatable bonds is 8. The number of hydrogen-bond acceptors (Lipinski definition) is 7. The number of para-hydroxylation sites is 3. The molecule has 200 valence electrons. The molecule has 6 rings (SSSR count). The van der Waals surface area contributed by atoms with Gasteiger partial charge in [0, 0.05) is 28.4 Å². The Morgan fingerprint density at radius 2 is 1.75 bits per heavy atom. The monoisotopic (exact) mass is 567 g/mol. The zero-order valence-corrected chi connectivity index (χ0v) is 23.2. The lowest BCUT2D eigenvalue weighted by atomic mass is 10.1. The van der Waals surface area contributed by atoms with Crippen LogP contribution < -0.4 is 9.47 Å². The Morgan fingerprint density at radius 3 is 2.58 bits per heavy atom. The van der Waals surface area contributed by atoms with Crippen LogP contribution in [-0.2, 0) is 17.1 Å². The van der Waals surface area contributed by atoms with Gasteiger partial charge in [0.2, 0.25) is 5.17 Å². The van der Waals surface area contributed by atoms with Crippen LogP contribution in [0.3, 0.4) is 0 Å². The van der Waals surface area contributed by atoms with E-state index in [0.717, 1.165) is 26.6 Å². The minimum atomic E-state index is -0.440. The predicted molar refractivity (Wildman–Crippen MR) is 163 cm³/mol. The molecule has 1 N–H and O–H groups in total. The zero-order chi connectivity index (χ0) is 27.5. The van der Waals surface area contributed by atoms with Gasteiger partial charge >= 0.3 is 0 Å². The van der Waals surface area contributed by atoms with Gasteiger partial charge in [-0.3, -0.25) is 10.2 Å². The third-order valence-electron chi connectivity index (χ3n) is 6.42. The van der Waals surface area contributed by atoms with Gasteiger partial charge in [-0.1, -0.05) is 72.4 Å². The maximum Gasteiger partial charge on any atom is 0.283 e. The first-order chi connectivity index (χ1) is 19.6. The summed E-state index contributed by atoms with van der Waals surface area (Å²) in [4.78, 5) is 17.3. The van der Waals surface area contributed by atoms with Gasteiger partial charge in [-0.15, -0.1) is 5.10 Å². The molecule has 1 amide bonds. The first-order valence-corrected chi connectivity index (χ1v) is 14.4. The molecular weight excluding hydrogens is 542 g/mol. The van der Waals surface area contributed by atoms with Gasteiger partial charge in [0.25, 0.3) is 5.91 Å². The van der Waals surface area contributed by atoms with Gasteiger partial charge in [-0.25, -0.2) is 0 Å². The van der Waals surface area contributed by atoms with Gasteiger partial charge in [-0.2, -0.15) is 10.0 Å². The van der Waals surface area contributed by atoms with Crippen molar-refractivity contribution < 1.29 is 14.3 Å². The number of aromatic nitrogens is 1. The quantitative estimate of drug-likeness (QED) is 0.254. The maximum absolute atomic E-state index is 13.0. The van der Waals surface area contributed by atoms with E-state index in [0.29, 0.717) is 29.8 Å². The smallest absolute Gasteiger partial charge is 0.283 e. The first kappa shape index (κ1) is 26.0. The summed E-state index contributed by atoms with van der Waals surface area (Å²) >= 11 is 2.88. The SMILES string of the molecule is COc1ccccc1OCCn1cc(C=C2C(=N)N3N=C(SCc4ccccc4)SC3=NC2=O)c2ccccc21. The molecule has 40 heavy (non-hydrogen) atoms. The molecule has 3 heterocycles. The van der Waals surface area contributed by atoms with E-state index in [1.54, 1.807) is 24.9 Å². The number of ether oxygens (including phenoxy) is 2. The number of hydrogen-bond donors (Lipinski definition) is 1. The van der Waals surface area contributed by atoms with Crippen molar-refractivity contribution in [2.75, 3.05) is 13.7 Å². The van der Waals surface area contributed by atoms with E-state index in [-0.39, 0.29) is 11.4 Å². The Morgan fingerprint density at radius 1 is 1.00 bits per heavy atom. The van der Waals surface area contributed by atoms with Crippen molar-refractivity contribution >= 4 is 61.8 Å². The van der Waals surface area contributed by atoms with E-state index < -0.39 is 5.91 Å². The number of fused-ring (bicyclic) bond motifs is 2. The van der Waals surface area contributed by atoms with Crippen LogP contribution in [0.4, 0.5) is 0 Å². The van der Waals surface area contributed by atoms with Crippen molar-refractivity contribution in [1.82, 2.24) is 9.58 Å². The number of methoxy groups -OCH3 is 1.